The molecule has 0 radical (unpaired) electrons. The zero-order chi connectivity index (χ0) is 14.7. The Bertz CT molecular complexity index is 373. The minimum absolute atomic E-state index is 0.00122. The molecule has 1 fully saturated rings. The van der Waals surface area contributed by atoms with E-state index in [4.69, 9.17) is 9.88 Å². The molecule has 3 atom stereocenters. The van der Waals surface area contributed by atoms with Crippen LogP contribution in [-0.2, 0) is 14.8 Å². The molecule has 5 heteroatoms. The minimum atomic E-state index is -3.45. The van der Waals surface area contributed by atoms with Crippen LogP contribution in [-0.4, -0.2) is 26.9 Å². The van der Waals surface area contributed by atoms with Crippen LogP contribution < -0.4 is 5.14 Å². The van der Waals surface area contributed by atoms with Gasteiger partial charge in [-0.05, 0) is 24.2 Å². The fraction of sp³-hybridized carbons (Fsp3) is 1.00. The van der Waals surface area contributed by atoms with Gasteiger partial charge in [0.15, 0.2) is 0 Å². The van der Waals surface area contributed by atoms with Crippen molar-refractivity contribution in [2.45, 2.75) is 59.5 Å². The maximum absolute atomic E-state index is 11.3. The van der Waals surface area contributed by atoms with Crippen molar-refractivity contribution in [2.24, 2.45) is 22.4 Å². The highest BCUT2D eigenvalue weighted by Gasteiger charge is 2.30. The summed E-state index contributed by atoms with van der Waals surface area (Å²) < 4.78 is 28.6. The average Bonchev–Trinajstić information content (AvgIpc) is 2.21. The smallest absolute Gasteiger partial charge is 0.209 e. The van der Waals surface area contributed by atoms with Gasteiger partial charge in [-0.15, -0.1) is 0 Å². The van der Waals surface area contributed by atoms with Crippen LogP contribution in [0, 0.1) is 17.3 Å². The van der Waals surface area contributed by atoms with Gasteiger partial charge in [0.25, 0.3) is 0 Å². The van der Waals surface area contributed by atoms with Crippen LogP contribution in [0.2, 0.25) is 0 Å². The Hall–Kier alpha value is -0.130. The van der Waals surface area contributed by atoms with Crippen molar-refractivity contribution in [3.8, 4) is 0 Å². The summed E-state index contributed by atoms with van der Waals surface area (Å²) in [5, 5.41) is 5.18. The third kappa shape index (κ3) is 6.72. The van der Waals surface area contributed by atoms with E-state index in [0.29, 0.717) is 12.5 Å². The second-order valence-corrected chi connectivity index (χ2v) is 8.78. The topological polar surface area (TPSA) is 69.4 Å². The van der Waals surface area contributed by atoms with Crippen LogP contribution in [0.5, 0.6) is 0 Å². The monoisotopic (exact) mass is 291 g/mol. The summed E-state index contributed by atoms with van der Waals surface area (Å²) in [4.78, 5) is 0. The molecule has 4 nitrogen and oxygen atoms in total. The standard InChI is InChI=1S/C14H29NO3S/c1-11-6-5-7-13(8-11)18-9-12(14(2,3)4)10-19(15,16)17/h11-13H,5-10H2,1-4H3,(H2,15,16,17). The summed E-state index contributed by atoms with van der Waals surface area (Å²) in [5.74, 6) is 0.656. The number of rotatable bonds is 5. The summed E-state index contributed by atoms with van der Waals surface area (Å²) in [6, 6.07) is 0. The predicted octanol–water partition coefficient (Wildman–Crippen LogP) is 2.53. The van der Waals surface area contributed by atoms with Gasteiger partial charge in [-0.25, -0.2) is 13.6 Å². The average molecular weight is 291 g/mol. The first-order valence-corrected chi connectivity index (χ1v) is 8.91. The quantitative estimate of drug-likeness (QED) is 0.846. The Kier molecular flexibility index (Phi) is 5.83. The number of primary sulfonamides is 1. The molecule has 114 valence electrons. The predicted molar refractivity (Wildman–Crippen MR) is 78.3 cm³/mol. The van der Waals surface area contributed by atoms with Gasteiger partial charge in [0.05, 0.1) is 18.5 Å². The van der Waals surface area contributed by atoms with Gasteiger partial charge < -0.3 is 4.74 Å². The summed E-state index contributed by atoms with van der Waals surface area (Å²) in [7, 11) is -3.45. The maximum Gasteiger partial charge on any atom is 0.209 e. The summed E-state index contributed by atoms with van der Waals surface area (Å²) in [6.45, 7) is 8.85. The number of hydrogen-bond donors (Lipinski definition) is 1. The molecule has 0 saturated heterocycles. The first kappa shape index (κ1) is 16.9. The molecule has 1 aliphatic rings. The molecule has 0 heterocycles. The molecule has 0 aromatic carbocycles. The largest absolute Gasteiger partial charge is 0.378 e. The summed E-state index contributed by atoms with van der Waals surface area (Å²) in [6.07, 6.45) is 4.96. The zero-order valence-corrected chi connectivity index (χ0v) is 13.5. The second-order valence-electron chi connectivity index (χ2n) is 7.12. The number of sulfonamides is 1. The zero-order valence-electron chi connectivity index (χ0n) is 12.7. The Morgan fingerprint density at radius 2 is 1.95 bits per heavy atom. The highest BCUT2D eigenvalue weighted by atomic mass is 32.2. The minimum Gasteiger partial charge on any atom is -0.378 e. The van der Waals surface area contributed by atoms with Crippen molar-refractivity contribution in [3.63, 3.8) is 0 Å². The van der Waals surface area contributed by atoms with Crippen molar-refractivity contribution in [1.29, 1.82) is 0 Å². The highest BCUT2D eigenvalue weighted by molar-refractivity contribution is 7.89. The maximum atomic E-state index is 11.3. The molecule has 1 saturated carbocycles. The van der Waals surface area contributed by atoms with Gasteiger partial charge >= 0.3 is 0 Å². The van der Waals surface area contributed by atoms with Crippen LogP contribution in [0.15, 0.2) is 0 Å². The fourth-order valence-corrected chi connectivity index (χ4v) is 3.77. The first-order chi connectivity index (χ1) is 8.58. The third-order valence-electron chi connectivity index (χ3n) is 4.08. The molecule has 0 spiro atoms. The van der Waals surface area contributed by atoms with E-state index in [1.807, 2.05) is 20.8 Å². The molecule has 0 aromatic rings. The van der Waals surface area contributed by atoms with E-state index in [1.165, 1.54) is 12.8 Å². The molecule has 19 heavy (non-hydrogen) atoms. The van der Waals surface area contributed by atoms with Gasteiger partial charge in [0, 0.05) is 5.92 Å². The molecule has 0 amide bonds. The molecular formula is C14H29NO3S. The lowest BCUT2D eigenvalue weighted by Gasteiger charge is -2.33. The highest BCUT2D eigenvalue weighted by Crippen LogP contribution is 2.30. The van der Waals surface area contributed by atoms with E-state index in [0.717, 1.165) is 12.8 Å². The summed E-state index contributed by atoms with van der Waals surface area (Å²) in [5.41, 5.74) is -0.118. The van der Waals surface area contributed by atoms with E-state index >= 15 is 0 Å². The van der Waals surface area contributed by atoms with Gasteiger partial charge in [0.1, 0.15) is 0 Å². The Morgan fingerprint density at radius 1 is 1.32 bits per heavy atom. The van der Waals surface area contributed by atoms with Crippen LogP contribution in [0.1, 0.15) is 53.4 Å². The molecular weight excluding hydrogens is 262 g/mol. The van der Waals surface area contributed by atoms with Gasteiger partial charge in [-0.3, -0.25) is 0 Å². The van der Waals surface area contributed by atoms with Gasteiger partial charge in [-0.1, -0.05) is 40.5 Å². The Balaban J connectivity index is 2.53. The van der Waals surface area contributed by atoms with Crippen molar-refractivity contribution < 1.29 is 13.2 Å². The van der Waals surface area contributed by atoms with Crippen molar-refractivity contribution in [3.05, 3.63) is 0 Å². The Morgan fingerprint density at radius 3 is 2.42 bits per heavy atom. The summed E-state index contributed by atoms with van der Waals surface area (Å²) >= 11 is 0. The lowest BCUT2D eigenvalue weighted by molar-refractivity contribution is -0.0180. The van der Waals surface area contributed by atoms with Crippen LogP contribution in [0.4, 0.5) is 0 Å². The second kappa shape index (κ2) is 6.55. The van der Waals surface area contributed by atoms with Gasteiger partial charge in [-0.2, -0.15) is 0 Å². The number of hydrogen-bond acceptors (Lipinski definition) is 3. The SMILES string of the molecule is CC1CCCC(OCC(CS(N)(=O)=O)C(C)(C)C)C1. The lowest BCUT2D eigenvalue weighted by atomic mass is 9.82. The lowest BCUT2D eigenvalue weighted by Crippen LogP contribution is -2.36. The van der Waals surface area contributed by atoms with Crippen molar-refractivity contribution in [2.75, 3.05) is 12.4 Å². The van der Waals surface area contributed by atoms with Gasteiger partial charge in [0.2, 0.25) is 10.0 Å². The fourth-order valence-electron chi connectivity index (χ4n) is 2.61. The van der Waals surface area contributed by atoms with E-state index < -0.39 is 10.0 Å². The molecule has 1 aliphatic carbocycles. The molecule has 0 aromatic heterocycles. The van der Waals surface area contributed by atoms with E-state index in [9.17, 15) is 8.42 Å². The third-order valence-corrected chi connectivity index (χ3v) is 4.95. The molecule has 3 unspecified atom stereocenters. The number of ether oxygens (including phenoxy) is 1. The van der Waals surface area contributed by atoms with Crippen LogP contribution in [0.3, 0.4) is 0 Å². The van der Waals surface area contributed by atoms with Crippen molar-refractivity contribution in [1.82, 2.24) is 0 Å². The molecule has 2 N–H and O–H groups in total. The molecule has 0 bridgehead atoms. The normalized spacial score (nSPS) is 27.2. The van der Waals surface area contributed by atoms with E-state index in [1.54, 1.807) is 0 Å². The first-order valence-electron chi connectivity index (χ1n) is 7.20. The van der Waals surface area contributed by atoms with Crippen molar-refractivity contribution >= 4 is 10.0 Å². The van der Waals surface area contributed by atoms with E-state index in [-0.39, 0.29) is 23.2 Å². The molecule has 1 rings (SSSR count). The van der Waals surface area contributed by atoms with Crippen LogP contribution in [0.25, 0.3) is 0 Å². The number of nitrogens with two attached hydrogens (primary N) is 1. The van der Waals surface area contributed by atoms with Crippen LogP contribution >= 0.6 is 0 Å². The Labute approximate surface area is 118 Å². The molecule has 0 aliphatic heterocycles. The van der Waals surface area contributed by atoms with E-state index in [2.05, 4.69) is 6.92 Å².